The largest absolute Gasteiger partial charge is 0.388 e. The average Bonchev–Trinajstić information content (AvgIpc) is 3.26. The van der Waals surface area contributed by atoms with Gasteiger partial charge in [-0.05, 0) is 42.7 Å². The van der Waals surface area contributed by atoms with E-state index in [1.165, 1.54) is 4.88 Å². The SMILES string of the molecule is CC(Cc1cccs1)C(=O)N1CCCC1CC(O)c1ccccc1. The minimum atomic E-state index is -0.503. The second-order valence-electron chi connectivity index (χ2n) is 6.67. The van der Waals surface area contributed by atoms with Crippen LogP contribution in [0, 0.1) is 5.92 Å². The summed E-state index contributed by atoms with van der Waals surface area (Å²) in [7, 11) is 0. The fourth-order valence-electron chi connectivity index (χ4n) is 3.54. The lowest BCUT2D eigenvalue weighted by atomic mass is 9.99. The predicted octanol–water partition coefficient (Wildman–Crippen LogP) is 4.04. The molecule has 0 saturated carbocycles. The Kier molecular flexibility index (Phi) is 5.69. The first kappa shape index (κ1) is 17.2. The van der Waals surface area contributed by atoms with Gasteiger partial charge in [0.1, 0.15) is 0 Å². The van der Waals surface area contributed by atoms with Crippen LogP contribution in [0.5, 0.6) is 0 Å². The third-order valence-corrected chi connectivity index (χ3v) is 5.75. The molecule has 3 rings (SSSR count). The van der Waals surface area contributed by atoms with E-state index in [0.29, 0.717) is 6.42 Å². The quantitative estimate of drug-likeness (QED) is 0.860. The number of rotatable bonds is 6. The van der Waals surface area contributed by atoms with Crippen molar-refractivity contribution in [2.45, 2.75) is 44.8 Å². The zero-order valence-corrected chi connectivity index (χ0v) is 14.9. The molecule has 1 N–H and O–H groups in total. The zero-order chi connectivity index (χ0) is 16.9. The molecule has 24 heavy (non-hydrogen) atoms. The Morgan fingerprint density at radius 3 is 2.79 bits per heavy atom. The Balaban J connectivity index is 1.61. The standard InChI is InChI=1S/C20H25NO2S/c1-15(13-18-10-6-12-24-18)20(23)21-11-5-9-17(21)14-19(22)16-7-3-2-4-8-16/h2-4,6-8,10,12,15,17,19,22H,5,9,11,13-14H2,1H3. The van der Waals surface area contributed by atoms with E-state index in [4.69, 9.17) is 0 Å². The van der Waals surface area contributed by atoms with Crippen LogP contribution in [0.3, 0.4) is 0 Å². The van der Waals surface area contributed by atoms with Crippen molar-refractivity contribution >= 4 is 17.2 Å². The van der Waals surface area contributed by atoms with Gasteiger partial charge in [-0.25, -0.2) is 0 Å². The molecule has 1 aliphatic heterocycles. The van der Waals surface area contributed by atoms with Gasteiger partial charge < -0.3 is 10.0 Å². The number of carbonyl (C=O) groups is 1. The Morgan fingerprint density at radius 2 is 2.08 bits per heavy atom. The number of thiophene rings is 1. The van der Waals surface area contributed by atoms with E-state index in [0.717, 1.165) is 31.4 Å². The lowest BCUT2D eigenvalue weighted by Crippen LogP contribution is -2.40. The molecule has 3 nitrogen and oxygen atoms in total. The van der Waals surface area contributed by atoms with E-state index in [1.54, 1.807) is 11.3 Å². The number of carbonyl (C=O) groups excluding carboxylic acids is 1. The van der Waals surface area contributed by atoms with Crippen molar-refractivity contribution in [3.63, 3.8) is 0 Å². The number of aliphatic hydroxyl groups excluding tert-OH is 1. The van der Waals surface area contributed by atoms with Crippen LogP contribution in [-0.2, 0) is 11.2 Å². The van der Waals surface area contributed by atoms with Crippen LogP contribution in [0.25, 0.3) is 0 Å². The third-order valence-electron chi connectivity index (χ3n) is 4.85. The minimum Gasteiger partial charge on any atom is -0.388 e. The lowest BCUT2D eigenvalue weighted by Gasteiger charge is -2.29. The van der Waals surface area contributed by atoms with Crippen LogP contribution in [0.2, 0.25) is 0 Å². The maximum Gasteiger partial charge on any atom is 0.226 e. The summed E-state index contributed by atoms with van der Waals surface area (Å²) in [5.74, 6) is 0.226. The Bertz CT molecular complexity index is 641. The first-order valence-electron chi connectivity index (χ1n) is 8.71. The molecular weight excluding hydrogens is 318 g/mol. The molecular formula is C20H25NO2S. The van der Waals surface area contributed by atoms with Crippen LogP contribution in [0.4, 0.5) is 0 Å². The van der Waals surface area contributed by atoms with E-state index in [2.05, 4.69) is 11.4 Å². The molecule has 0 radical (unpaired) electrons. The van der Waals surface area contributed by atoms with Crippen molar-refractivity contribution in [3.05, 3.63) is 58.3 Å². The molecule has 2 aromatic rings. The summed E-state index contributed by atoms with van der Waals surface area (Å²) in [5, 5.41) is 12.5. The Labute approximate surface area is 147 Å². The van der Waals surface area contributed by atoms with E-state index in [1.807, 2.05) is 48.2 Å². The summed E-state index contributed by atoms with van der Waals surface area (Å²) in [4.78, 5) is 16.1. The Hall–Kier alpha value is -1.65. The number of aliphatic hydroxyl groups is 1. The van der Waals surface area contributed by atoms with Crippen LogP contribution in [0.15, 0.2) is 47.8 Å². The monoisotopic (exact) mass is 343 g/mol. The molecule has 0 aliphatic carbocycles. The van der Waals surface area contributed by atoms with Crippen molar-refractivity contribution in [2.75, 3.05) is 6.54 Å². The minimum absolute atomic E-state index is 0.00174. The summed E-state index contributed by atoms with van der Waals surface area (Å²) in [5.41, 5.74) is 0.934. The summed E-state index contributed by atoms with van der Waals surface area (Å²) >= 11 is 1.71. The van der Waals surface area contributed by atoms with Gasteiger partial charge in [-0.1, -0.05) is 43.3 Å². The van der Waals surface area contributed by atoms with E-state index < -0.39 is 6.10 Å². The summed E-state index contributed by atoms with van der Waals surface area (Å²) in [6.07, 6.45) is 2.95. The number of amides is 1. The smallest absolute Gasteiger partial charge is 0.226 e. The average molecular weight is 343 g/mol. The molecule has 128 valence electrons. The highest BCUT2D eigenvalue weighted by molar-refractivity contribution is 7.09. The normalized spacial score (nSPS) is 20.1. The molecule has 2 heterocycles. The van der Waals surface area contributed by atoms with E-state index in [-0.39, 0.29) is 17.9 Å². The molecule has 3 unspecified atom stereocenters. The van der Waals surface area contributed by atoms with Gasteiger partial charge in [0.05, 0.1) is 6.10 Å². The van der Waals surface area contributed by atoms with Gasteiger partial charge in [-0.2, -0.15) is 0 Å². The van der Waals surface area contributed by atoms with Crippen molar-refractivity contribution < 1.29 is 9.90 Å². The number of likely N-dealkylation sites (tertiary alicyclic amines) is 1. The Morgan fingerprint density at radius 1 is 1.29 bits per heavy atom. The van der Waals surface area contributed by atoms with Crippen molar-refractivity contribution in [1.82, 2.24) is 4.90 Å². The number of nitrogens with zero attached hydrogens (tertiary/aromatic N) is 1. The van der Waals surface area contributed by atoms with Crippen LogP contribution >= 0.6 is 11.3 Å². The molecule has 0 spiro atoms. The number of benzene rings is 1. The van der Waals surface area contributed by atoms with Gasteiger partial charge in [0, 0.05) is 23.4 Å². The first-order chi connectivity index (χ1) is 11.6. The van der Waals surface area contributed by atoms with Crippen LogP contribution < -0.4 is 0 Å². The van der Waals surface area contributed by atoms with Gasteiger partial charge in [0.15, 0.2) is 0 Å². The second kappa shape index (κ2) is 7.95. The number of hydrogen-bond acceptors (Lipinski definition) is 3. The summed E-state index contributed by atoms with van der Waals surface area (Å²) < 4.78 is 0. The summed E-state index contributed by atoms with van der Waals surface area (Å²) in [6.45, 7) is 2.84. The predicted molar refractivity (Wildman–Crippen MR) is 97.9 cm³/mol. The van der Waals surface area contributed by atoms with Crippen molar-refractivity contribution in [1.29, 1.82) is 0 Å². The van der Waals surface area contributed by atoms with E-state index in [9.17, 15) is 9.90 Å². The zero-order valence-electron chi connectivity index (χ0n) is 14.1. The van der Waals surface area contributed by atoms with Gasteiger partial charge in [0.25, 0.3) is 0 Å². The van der Waals surface area contributed by atoms with Gasteiger partial charge in [-0.15, -0.1) is 11.3 Å². The highest BCUT2D eigenvalue weighted by Crippen LogP contribution is 2.29. The molecule has 1 fully saturated rings. The molecule has 4 heteroatoms. The molecule has 1 aromatic heterocycles. The third kappa shape index (κ3) is 4.05. The van der Waals surface area contributed by atoms with Crippen LogP contribution in [0.1, 0.15) is 42.7 Å². The molecule has 1 amide bonds. The first-order valence-corrected chi connectivity index (χ1v) is 9.59. The maximum absolute atomic E-state index is 12.8. The topological polar surface area (TPSA) is 40.5 Å². The number of hydrogen-bond donors (Lipinski definition) is 1. The molecule has 1 aliphatic rings. The van der Waals surface area contributed by atoms with Crippen molar-refractivity contribution in [2.24, 2.45) is 5.92 Å². The molecule has 1 saturated heterocycles. The summed E-state index contributed by atoms with van der Waals surface area (Å²) in [6, 6.07) is 14.0. The van der Waals surface area contributed by atoms with Gasteiger partial charge >= 0.3 is 0 Å². The molecule has 0 bridgehead atoms. The highest BCUT2D eigenvalue weighted by Gasteiger charge is 2.32. The fourth-order valence-corrected chi connectivity index (χ4v) is 4.38. The van der Waals surface area contributed by atoms with Crippen LogP contribution in [-0.4, -0.2) is 28.5 Å². The van der Waals surface area contributed by atoms with Gasteiger partial charge in [-0.3, -0.25) is 4.79 Å². The molecule has 3 atom stereocenters. The molecule has 1 aromatic carbocycles. The lowest BCUT2D eigenvalue weighted by molar-refractivity contribution is -0.136. The second-order valence-corrected chi connectivity index (χ2v) is 7.71. The van der Waals surface area contributed by atoms with E-state index >= 15 is 0 Å². The van der Waals surface area contributed by atoms with Gasteiger partial charge in [0.2, 0.25) is 5.91 Å². The van der Waals surface area contributed by atoms with Crippen molar-refractivity contribution in [3.8, 4) is 0 Å². The highest BCUT2D eigenvalue weighted by atomic mass is 32.1. The maximum atomic E-state index is 12.8. The fraction of sp³-hybridized carbons (Fsp3) is 0.450.